The zero-order valence-electron chi connectivity index (χ0n) is 8.34. The fourth-order valence-corrected chi connectivity index (χ4v) is 0.545. The maximum absolute atomic E-state index is 10.5. The summed E-state index contributed by atoms with van der Waals surface area (Å²) >= 11 is 0. The molecule has 0 aliphatic heterocycles. The summed E-state index contributed by atoms with van der Waals surface area (Å²) < 4.78 is 0.832. The monoisotopic (exact) mass is 208 g/mol. The van der Waals surface area contributed by atoms with E-state index in [2.05, 4.69) is 38.0 Å². The first-order valence-electron chi connectivity index (χ1n) is 3.82. The minimum absolute atomic E-state index is 0. The van der Waals surface area contributed by atoms with Crippen LogP contribution in [0, 0.1) is 0 Å². The largest absolute Gasteiger partial charge is 1.00 e. The van der Waals surface area contributed by atoms with Crippen molar-refractivity contribution in [2.45, 2.75) is 0 Å². The number of hydrogen-bond donors (Lipinski definition) is 1. The number of carbonyl (C=O) groups is 1. The predicted octanol–water partition coefficient (Wildman–Crippen LogP) is -3.07. The fraction of sp³-hybridized carbons (Fsp3) is 0.625. The van der Waals surface area contributed by atoms with Gasteiger partial charge in [-0.15, -0.1) is 5.48 Å². The Morgan fingerprint density at radius 1 is 1.54 bits per heavy atom. The lowest BCUT2D eigenvalue weighted by molar-refractivity contribution is -0.869. The van der Waals surface area contributed by atoms with Crippen molar-refractivity contribution in [3.05, 3.63) is 12.7 Å². The third-order valence-electron chi connectivity index (χ3n) is 1.22. The van der Waals surface area contributed by atoms with Crippen molar-refractivity contribution in [3.8, 4) is 0 Å². The van der Waals surface area contributed by atoms with Crippen LogP contribution in [0.4, 0.5) is 0 Å². The molecule has 4 nitrogen and oxygen atoms in total. The highest BCUT2D eigenvalue weighted by atomic mass is 35.5. The number of nitrogens with zero attached hydrogens (tertiary/aromatic N) is 1. The minimum atomic E-state index is -0.448. The molecule has 0 saturated carbocycles. The lowest BCUT2D eigenvalue weighted by Gasteiger charge is -2.23. The van der Waals surface area contributed by atoms with E-state index in [9.17, 15) is 4.79 Å². The molecule has 13 heavy (non-hydrogen) atoms. The standard InChI is InChI=1S/C8H17N2O2.ClH/c1-5-8(11)12-9-6-7-10(2,3)4;/h5,9H,1,6-7H2,2-4H3;1H/q+1;/p-1. The second-order valence-corrected chi connectivity index (χ2v) is 3.53. The number of hydroxylamine groups is 1. The van der Waals surface area contributed by atoms with Crippen LogP contribution in [0.15, 0.2) is 12.7 Å². The van der Waals surface area contributed by atoms with E-state index in [-0.39, 0.29) is 12.4 Å². The molecule has 0 radical (unpaired) electrons. The third kappa shape index (κ3) is 11.4. The van der Waals surface area contributed by atoms with Crippen molar-refractivity contribution in [1.82, 2.24) is 5.48 Å². The Kier molecular flexibility index (Phi) is 7.90. The molecule has 0 aromatic rings. The van der Waals surface area contributed by atoms with Crippen LogP contribution < -0.4 is 17.9 Å². The maximum Gasteiger partial charge on any atom is 0.348 e. The number of rotatable bonds is 5. The van der Waals surface area contributed by atoms with Crippen LogP contribution in [0.25, 0.3) is 0 Å². The summed E-state index contributed by atoms with van der Waals surface area (Å²) in [7, 11) is 6.20. The SMILES string of the molecule is C=CC(=O)ONCC[N+](C)(C)C.[Cl-]. The topological polar surface area (TPSA) is 38.3 Å². The zero-order valence-corrected chi connectivity index (χ0v) is 9.10. The Morgan fingerprint density at radius 3 is 2.46 bits per heavy atom. The Morgan fingerprint density at radius 2 is 2.08 bits per heavy atom. The van der Waals surface area contributed by atoms with Gasteiger partial charge < -0.3 is 21.7 Å². The van der Waals surface area contributed by atoms with E-state index in [0.29, 0.717) is 6.54 Å². The third-order valence-corrected chi connectivity index (χ3v) is 1.22. The first kappa shape index (κ1) is 14.9. The molecule has 0 unspecified atom stereocenters. The summed E-state index contributed by atoms with van der Waals surface area (Å²) in [4.78, 5) is 15.1. The Hall–Kier alpha value is -0.580. The second-order valence-electron chi connectivity index (χ2n) is 3.53. The molecule has 0 amide bonds. The van der Waals surface area contributed by atoms with Gasteiger partial charge >= 0.3 is 5.97 Å². The summed E-state index contributed by atoms with van der Waals surface area (Å²) in [5.74, 6) is -0.448. The highest BCUT2D eigenvalue weighted by Crippen LogP contribution is 1.86. The van der Waals surface area contributed by atoms with E-state index in [4.69, 9.17) is 0 Å². The van der Waals surface area contributed by atoms with Crippen LogP contribution >= 0.6 is 0 Å². The Bertz CT molecular complexity index is 166. The van der Waals surface area contributed by atoms with Crippen molar-refractivity contribution < 1.29 is 26.5 Å². The molecule has 0 atom stereocenters. The van der Waals surface area contributed by atoms with E-state index in [0.717, 1.165) is 17.1 Å². The molecule has 0 spiro atoms. The molecular weight excluding hydrogens is 192 g/mol. The second kappa shape index (κ2) is 6.88. The van der Waals surface area contributed by atoms with E-state index >= 15 is 0 Å². The quantitative estimate of drug-likeness (QED) is 0.226. The van der Waals surface area contributed by atoms with Crippen LogP contribution in [0.5, 0.6) is 0 Å². The number of carbonyl (C=O) groups excluding carboxylic acids is 1. The van der Waals surface area contributed by atoms with Gasteiger partial charge in [0, 0.05) is 6.08 Å². The van der Waals surface area contributed by atoms with Gasteiger partial charge in [0.15, 0.2) is 0 Å². The molecule has 1 N–H and O–H groups in total. The van der Waals surface area contributed by atoms with Crippen molar-refractivity contribution in [1.29, 1.82) is 0 Å². The molecule has 0 aliphatic rings. The first-order chi connectivity index (χ1) is 5.45. The molecule has 5 heteroatoms. The van der Waals surface area contributed by atoms with Crippen LogP contribution in [-0.4, -0.2) is 44.7 Å². The summed E-state index contributed by atoms with van der Waals surface area (Å²) in [5.41, 5.74) is 2.56. The van der Waals surface area contributed by atoms with E-state index in [1.807, 2.05) is 0 Å². The van der Waals surface area contributed by atoms with Gasteiger partial charge in [0.05, 0.1) is 34.2 Å². The van der Waals surface area contributed by atoms with E-state index in [1.54, 1.807) is 0 Å². The van der Waals surface area contributed by atoms with Crippen molar-refractivity contribution in [2.24, 2.45) is 0 Å². The van der Waals surface area contributed by atoms with E-state index in [1.165, 1.54) is 0 Å². The van der Waals surface area contributed by atoms with Gasteiger partial charge in [-0.25, -0.2) is 4.79 Å². The summed E-state index contributed by atoms with van der Waals surface area (Å²) in [5, 5.41) is 0. The zero-order chi connectivity index (χ0) is 9.61. The molecule has 0 heterocycles. The van der Waals surface area contributed by atoms with Crippen LogP contribution in [0.2, 0.25) is 0 Å². The number of halogens is 1. The lowest BCUT2D eigenvalue weighted by Crippen LogP contribution is -3.00. The highest BCUT2D eigenvalue weighted by molar-refractivity contribution is 5.80. The van der Waals surface area contributed by atoms with Gasteiger partial charge in [0.25, 0.3) is 0 Å². The molecular formula is C8H17ClN2O2. The minimum Gasteiger partial charge on any atom is -1.00 e. The van der Waals surface area contributed by atoms with Gasteiger partial charge in [-0.1, -0.05) is 6.58 Å². The molecule has 0 aliphatic carbocycles. The smallest absolute Gasteiger partial charge is 0.348 e. The van der Waals surface area contributed by atoms with Crippen LogP contribution in [0.1, 0.15) is 0 Å². The Balaban J connectivity index is 0. The Labute approximate surface area is 85.5 Å². The normalized spacial score (nSPS) is 10.1. The van der Waals surface area contributed by atoms with Crippen LogP contribution in [-0.2, 0) is 9.63 Å². The summed E-state index contributed by atoms with van der Waals surface area (Å²) in [6, 6.07) is 0. The van der Waals surface area contributed by atoms with E-state index < -0.39 is 5.97 Å². The van der Waals surface area contributed by atoms with Gasteiger partial charge in [0.2, 0.25) is 0 Å². The van der Waals surface area contributed by atoms with Crippen LogP contribution in [0.3, 0.4) is 0 Å². The summed E-state index contributed by atoms with van der Waals surface area (Å²) in [6.45, 7) is 4.80. The van der Waals surface area contributed by atoms with Crippen molar-refractivity contribution in [2.75, 3.05) is 34.2 Å². The first-order valence-corrected chi connectivity index (χ1v) is 3.82. The van der Waals surface area contributed by atoms with Gasteiger partial charge in [-0.2, -0.15) is 0 Å². The molecule has 0 rings (SSSR count). The van der Waals surface area contributed by atoms with Gasteiger partial charge in [-0.3, -0.25) is 0 Å². The maximum atomic E-state index is 10.5. The molecule has 0 aromatic heterocycles. The predicted molar refractivity (Wildman–Crippen MR) is 47.2 cm³/mol. The molecule has 0 aromatic carbocycles. The van der Waals surface area contributed by atoms with Gasteiger partial charge in [0.1, 0.15) is 0 Å². The fourth-order valence-electron chi connectivity index (χ4n) is 0.545. The average Bonchev–Trinajstić information content (AvgIpc) is 1.96. The number of likely N-dealkylation sites (N-methyl/N-ethyl adjacent to an activating group) is 1. The number of quaternary nitrogens is 1. The summed E-state index contributed by atoms with van der Waals surface area (Å²) in [6.07, 6.45) is 1.12. The highest BCUT2D eigenvalue weighted by Gasteiger charge is 2.05. The molecule has 0 bridgehead atoms. The molecule has 78 valence electrons. The van der Waals surface area contributed by atoms with Crippen molar-refractivity contribution in [3.63, 3.8) is 0 Å². The molecule has 0 fully saturated rings. The number of nitrogens with one attached hydrogen (secondary N) is 1. The van der Waals surface area contributed by atoms with Crippen molar-refractivity contribution >= 4 is 5.97 Å². The lowest BCUT2D eigenvalue weighted by atomic mass is 10.5. The number of hydrogen-bond acceptors (Lipinski definition) is 3. The van der Waals surface area contributed by atoms with Gasteiger partial charge in [-0.05, 0) is 0 Å². The average molecular weight is 209 g/mol. The molecule has 0 saturated heterocycles.